The lowest BCUT2D eigenvalue weighted by Gasteiger charge is -2.11. The molecule has 0 bridgehead atoms. The van der Waals surface area contributed by atoms with Gasteiger partial charge in [-0.1, -0.05) is 30.3 Å². The third-order valence-corrected chi connectivity index (χ3v) is 4.37. The number of benzene rings is 2. The first kappa shape index (κ1) is 19.1. The molecule has 28 heavy (non-hydrogen) atoms. The Labute approximate surface area is 160 Å². The second-order valence-electron chi connectivity index (χ2n) is 5.36. The van der Waals surface area contributed by atoms with Gasteiger partial charge in [0.25, 0.3) is 0 Å². The van der Waals surface area contributed by atoms with Crippen molar-refractivity contribution in [3.8, 4) is 12.0 Å². The summed E-state index contributed by atoms with van der Waals surface area (Å²) in [6.07, 6.45) is 0. The molecule has 12 heteroatoms. The molecule has 0 aliphatic rings. The molecule has 0 aliphatic carbocycles. The van der Waals surface area contributed by atoms with E-state index in [2.05, 4.69) is 25.0 Å². The molecule has 2 aromatic carbocycles. The van der Waals surface area contributed by atoms with Crippen LogP contribution in [0.3, 0.4) is 0 Å². The second-order valence-corrected chi connectivity index (χ2v) is 6.77. The van der Waals surface area contributed by atoms with E-state index in [1.54, 1.807) is 22.9 Å². The van der Waals surface area contributed by atoms with Gasteiger partial charge in [0.1, 0.15) is 0 Å². The van der Waals surface area contributed by atoms with E-state index >= 15 is 0 Å². The molecule has 3 rings (SSSR count). The van der Waals surface area contributed by atoms with Crippen molar-refractivity contribution in [3.63, 3.8) is 0 Å². The molecule has 3 aromatic rings. The van der Waals surface area contributed by atoms with Crippen molar-refractivity contribution < 1.29 is 22.7 Å². The summed E-state index contributed by atoms with van der Waals surface area (Å²) in [6.45, 7) is 0. The van der Waals surface area contributed by atoms with Crippen LogP contribution in [0.25, 0.3) is 10.8 Å². The fraction of sp³-hybridized carbons (Fsp3) is 0.125. The largest absolute Gasteiger partial charge is 0.467 e. The quantitative estimate of drug-likeness (QED) is 0.561. The number of carbonyl (C=O) groups excluding carboxylic acids is 1. The Hall–Kier alpha value is -3.67. The zero-order valence-corrected chi connectivity index (χ0v) is 15.6. The molecule has 3 N–H and O–H groups in total. The first-order valence-electron chi connectivity index (χ1n) is 7.83. The van der Waals surface area contributed by atoms with E-state index in [1.807, 2.05) is 24.3 Å². The Morgan fingerprint density at radius 3 is 2.21 bits per heavy atom. The van der Waals surface area contributed by atoms with E-state index < -0.39 is 16.2 Å². The Morgan fingerprint density at radius 2 is 1.57 bits per heavy atom. The number of nitrogens with zero attached hydrogens (tertiary/aromatic N) is 3. The SMILES string of the molecule is COc1nc(NC(=O)NS(=O)(=O)Nc2ccc3ccccc3c2)nc(OC)n1. The van der Waals surface area contributed by atoms with E-state index in [9.17, 15) is 13.2 Å². The molecule has 0 spiro atoms. The minimum Gasteiger partial charge on any atom is -0.467 e. The van der Waals surface area contributed by atoms with Crippen molar-refractivity contribution in [1.82, 2.24) is 19.7 Å². The van der Waals surface area contributed by atoms with E-state index in [1.165, 1.54) is 14.2 Å². The summed E-state index contributed by atoms with van der Waals surface area (Å²) in [4.78, 5) is 23.3. The monoisotopic (exact) mass is 404 g/mol. The minimum atomic E-state index is -4.20. The fourth-order valence-electron chi connectivity index (χ4n) is 2.26. The Bertz CT molecular complexity index is 1100. The zero-order chi connectivity index (χ0) is 20.1. The highest BCUT2D eigenvalue weighted by Crippen LogP contribution is 2.19. The van der Waals surface area contributed by atoms with E-state index in [-0.39, 0.29) is 18.0 Å². The van der Waals surface area contributed by atoms with Gasteiger partial charge in [0.2, 0.25) is 5.95 Å². The summed E-state index contributed by atoms with van der Waals surface area (Å²) in [7, 11) is -1.57. The average molecular weight is 404 g/mol. The molecule has 1 heterocycles. The maximum absolute atomic E-state index is 12.2. The van der Waals surface area contributed by atoms with Crippen LogP contribution in [0.5, 0.6) is 12.0 Å². The van der Waals surface area contributed by atoms with Gasteiger partial charge < -0.3 is 9.47 Å². The number of ether oxygens (including phenoxy) is 2. The normalized spacial score (nSPS) is 10.9. The molecule has 0 unspecified atom stereocenters. The van der Waals surface area contributed by atoms with E-state index in [0.717, 1.165) is 10.8 Å². The molecule has 11 nitrogen and oxygen atoms in total. The summed E-state index contributed by atoms with van der Waals surface area (Å²) < 4.78 is 38.2. The van der Waals surface area contributed by atoms with Crippen LogP contribution >= 0.6 is 0 Å². The van der Waals surface area contributed by atoms with Crippen molar-refractivity contribution >= 4 is 38.6 Å². The number of rotatable bonds is 6. The molecular weight excluding hydrogens is 388 g/mol. The van der Waals surface area contributed by atoms with Gasteiger partial charge in [0.05, 0.1) is 19.9 Å². The molecule has 0 atom stereocenters. The number of aromatic nitrogens is 3. The van der Waals surface area contributed by atoms with Crippen LogP contribution in [0.4, 0.5) is 16.4 Å². The van der Waals surface area contributed by atoms with Crippen LogP contribution in [0, 0.1) is 0 Å². The lowest BCUT2D eigenvalue weighted by Crippen LogP contribution is -2.38. The van der Waals surface area contributed by atoms with Crippen molar-refractivity contribution in [2.45, 2.75) is 0 Å². The Balaban J connectivity index is 1.70. The van der Waals surface area contributed by atoms with E-state index in [0.29, 0.717) is 5.69 Å². The molecule has 2 amide bonds. The zero-order valence-electron chi connectivity index (χ0n) is 14.8. The highest BCUT2D eigenvalue weighted by atomic mass is 32.2. The van der Waals surface area contributed by atoms with Crippen LogP contribution in [0.1, 0.15) is 0 Å². The maximum Gasteiger partial charge on any atom is 0.336 e. The Morgan fingerprint density at radius 1 is 0.929 bits per heavy atom. The maximum atomic E-state index is 12.2. The highest BCUT2D eigenvalue weighted by Gasteiger charge is 2.17. The standard InChI is InChI=1S/C16H16N6O5S/c1-26-15-18-13(19-16(20-15)27-2)17-14(23)22-28(24,25)21-12-8-7-10-5-3-4-6-11(10)9-12/h3-9,21H,1-2H3,(H2,17,18,19,20,22,23). The number of hydrogen-bond donors (Lipinski definition) is 3. The van der Waals surface area contributed by atoms with Gasteiger partial charge in [-0.2, -0.15) is 18.4 Å². The van der Waals surface area contributed by atoms with Gasteiger partial charge in [-0.05, 0) is 22.9 Å². The van der Waals surface area contributed by atoms with Gasteiger partial charge in [-0.15, -0.1) is 4.98 Å². The van der Waals surface area contributed by atoms with Crippen molar-refractivity contribution in [2.75, 3.05) is 24.3 Å². The van der Waals surface area contributed by atoms with Crippen LogP contribution in [0.2, 0.25) is 0 Å². The molecule has 0 aliphatic heterocycles. The number of nitrogens with one attached hydrogen (secondary N) is 3. The van der Waals surface area contributed by atoms with Crippen molar-refractivity contribution in [3.05, 3.63) is 42.5 Å². The van der Waals surface area contributed by atoms with Crippen LogP contribution in [0.15, 0.2) is 42.5 Å². The van der Waals surface area contributed by atoms with Crippen molar-refractivity contribution in [2.24, 2.45) is 0 Å². The van der Waals surface area contributed by atoms with Gasteiger partial charge in [0, 0.05) is 0 Å². The third-order valence-electron chi connectivity index (χ3n) is 3.41. The van der Waals surface area contributed by atoms with Crippen LogP contribution in [-0.4, -0.2) is 43.6 Å². The molecular formula is C16H16N6O5S. The topological polar surface area (TPSA) is 144 Å². The second kappa shape index (κ2) is 7.92. The lowest BCUT2D eigenvalue weighted by atomic mass is 10.1. The van der Waals surface area contributed by atoms with Crippen LogP contribution in [-0.2, 0) is 10.2 Å². The van der Waals surface area contributed by atoms with Gasteiger partial charge >= 0.3 is 28.3 Å². The fourth-order valence-corrected chi connectivity index (χ4v) is 3.04. The summed E-state index contributed by atoms with van der Waals surface area (Å²) in [5, 5.41) is 3.97. The molecule has 0 fully saturated rings. The summed E-state index contributed by atoms with van der Waals surface area (Å²) in [5.41, 5.74) is 0.294. The van der Waals surface area contributed by atoms with Gasteiger partial charge in [-0.3, -0.25) is 10.0 Å². The summed E-state index contributed by atoms with van der Waals surface area (Å²) in [5.74, 6) is -0.248. The molecule has 0 saturated carbocycles. The molecule has 1 aromatic heterocycles. The average Bonchev–Trinajstić information content (AvgIpc) is 2.66. The smallest absolute Gasteiger partial charge is 0.336 e. The van der Waals surface area contributed by atoms with Gasteiger partial charge in [0.15, 0.2) is 0 Å². The number of methoxy groups -OCH3 is 2. The predicted octanol–water partition coefficient (Wildman–Crippen LogP) is 1.52. The number of carbonyl (C=O) groups is 1. The predicted molar refractivity (Wildman–Crippen MR) is 102 cm³/mol. The number of fused-ring (bicyclic) bond motifs is 1. The van der Waals surface area contributed by atoms with E-state index in [4.69, 9.17) is 9.47 Å². The number of urea groups is 1. The summed E-state index contributed by atoms with van der Waals surface area (Å²) >= 11 is 0. The van der Waals surface area contributed by atoms with Gasteiger partial charge in [-0.25, -0.2) is 9.52 Å². The molecule has 146 valence electrons. The molecule has 0 radical (unpaired) electrons. The Kier molecular flexibility index (Phi) is 5.40. The van der Waals surface area contributed by atoms with Crippen molar-refractivity contribution in [1.29, 1.82) is 0 Å². The minimum absolute atomic E-state index is 0.112. The summed E-state index contributed by atoms with van der Waals surface area (Å²) in [6, 6.07) is 11.1. The number of anilines is 2. The highest BCUT2D eigenvalue weighted by molar-refractivity contribution is 7.91. The first-order chi connectivity index (χ1) is 13.4. The first-order valence-corrected chi connectivity index (χ1v) is 9.31. The molecule has 0 saturated heterocycles. The number of amides is 2. The van der Waals surface area contributed by atoms with Crippen LogP contribution < -0.4 is 24.2 Å². The third kappa shape index (κ3) is 4.73. The number of hydrogen-bond acceptors (Lipinski definition) is 8. The lowest BCUT2D eigenvalue weighted by molar-refractivity contribution is 0.256.